The molecule has 2 heterocycles. The summed E-state index contributed by atoms with van der Waals surface area (Å²) in [7, 11) is 3.87. The molecule has 0 radical (unpaired) electrons. The molecule has 6 nitrogen and oxygen atoms in total. The van der Waals surface area contributed by atoms with Gasteiger partial charge in [-0.2, -0.15) is 0 Å². The van der Waals surface area contributed by atoms with E-state index in [4.69, 9.17) is 21.4 Å². The first-order chi connectivity index (χ1) is 8.65. The Labute approximate surface area is 110 Å². The smallest absolute Gasteiger partial charge is 0.288 e. The van der Waals surface area contributed by atoms with Crippen LogP contribution in [0.5, 0.6) is 5.75 Å². The second kappa shape index (κ2) is 5.74. The Balaban J connectivity index is 2.00. The molecule has 18 heavy (non-hydrogen) atoms. The quantitative estimate of drug-likeness (QED) is 0.768. The number of ether oxygens (including phenoxy) is 1. The average molecular weight is 266 g/mol. The largest absolute Gasteiger partial charge is 0.482 e. The second-order valence-corrected chi connectivity index (χ2v) is 4.31. The minimum Gasteiger partial charge on any atom is -0.482 e. The molecule has 0 fully saturated rings. The summed E-state index contributed by atoms with van der Waals surface area (Å²) in [6.45, 7) is 0.811. The van der Waals surface area contributed by atoms with Gasteiger partial charge in [0.25, 0.3) is 10.7 Å². The molecule has 0 spiro atoms. The van der Waals surface area contributed by atoms with Gasteiger partial charge in [0, 0.05) is 6.20 Å². The highest BCUT2D eigenvalue weighted by Gasteiger charge is 2.06. The summed E-state index contributed by atoms with van der Waals surface area (Å²) < 4.78 is 12.4. The van der Waals surface area contributed by atoms with Crippen molar-refractivity contribution in [1.82, 2.24) is 19.7 Å². The maximum Gasteiger partial charge on any atom is 0.288 e. The molecule has 0 saturated carbocycles. The van der Waals surface area contributed by atoms with Crippen LogP contribution in [0.15, 0.2) is 28.9 Å². The average Bonchev–Trinajstić information content (AvgIpc) is 2.68. The van der Waals surface area contributed by atoms with E-state index in [1.165, 1.54) is 0 Å². The van der Waals surface area contributed by atoms with Crippen LogP contribution in [0.3, 0.4) is 0 Å². The van der Waals surface area contributed by atoms with E-state index in [2.05, 4.69) is 10.1 Å². The minimum atomic E-state index is 0.232. The van der Waals surface area contributed by atoms with E-state index < -0.39 is 0 Å². The Kier molecular flexibility index (Phi) is 4.06. The first-order valence-electron chi connectivity index (χ1n) is 5.39. The lowest BCUT2D eigenvalue weighted by atomic mass is 10.5. The zero-order valence-electron chi connectivity index (χ0n) is 10.2. The molecule has 0 aliphatic heterocycles. The van der Waals surface area contributed by atoms with Gasteiger partial charge in [-0.15, -0.1) is 5.10 Å². The first-order valence-corrected chi connectivity index (χ1v) is 5.80. The van der Waals surface area contributed by atoms with E-state index in [1.807, 2.05) is 25.1 Å². The maximum atomic E-state index is 5.47. The van der Waals surface area contributed by atoms with Gasteiger partial charge in [0.1, 0.15) is 5.75 Å². The van der Waals surface area contributed by atoms with Gasteiger partial charge < -0.3 is 9.15 Å². The molecule has 2 rings (SSSR count). The Bertz CT molecular complexity index is 550. The third kappa shape index (κ3) is 3.38. The normalized spacial score (nSPS) is 10.8. The third-order valence-corrected chi connectivity index (χ3v) is 2.36. The molecule has 0 aromatic carbocycles. The van der Waals surface area contributed by atoms with Crippen LogP contribution in [0.2, 0.25) is 0 Å². The van der Waals surface area contributed by atoms with Crippen molar-refractivity contribution in [3.05, 3.63) is 35.3 Å². The van der Waals surface area contributed by atoms with Crippen molar-refractivity contribution in [2.24, 2.45) is 0 Å². The van der Waals surface area contributed by atoms with E-state index in [1.54, 1.807) is 23.1 Å². The minimum absolute atomic E-state index is 0.232. The lowest BCUT2D eigenvalue weighted by Gasteiger charge is -2.07. The fourth-order valence-corrected chi connectivity index (χ4v) is 1.54. The van der Waals surface area contributed by atoms with Gasteiger partial charge in [-0.1, -0.05) is 0 Å². The molecule has 0 N–H and O–H groups in total. The molecule has 2 aromatic heterocycles. The van der Waals surface area contributed by atoms with E-state index in [9.17, 15) is 0 Å². The Morgan fingerprint density at radius 1 is 1.50 bits per heavy atom. The van der Waals surface area contributed by atoms with E-state index in [0.29, 0.717) is 23.1 Å². The molecule has 0 amide bonds. The lowest BCUT2D eigenvalue weighted by Crippen LogP contribution is -2.18. The zero-order valence-corrected chi connectivity index (χ0v) is 11.1. The van der Waals surface area contributed by atoms with E-state index >= 15 is 0 Å². The molecule has 0 atom stereocenters. The van der Waals surface area contributed by atoms with Crippen LogP contribution < -0.4 is 4.74 Å². The molecular formula is C11H14N4O2S. The van der Waals surface area contributed by atoms with Crippen molar-refractivity contribution in [3.63, 3.8) is 0 Å². The van der Waals surface area contributed by atoms with Crippen LogP contribution in [0.4, 0.5) is 0 Å². The predicted molar refractivity (Wildman–Crippen MR) is 67.6 cm³/mol. The number of hydrogen-bond acceptors (Lipinski definition) is 6. The van der Waals surface area contributed by atoms with Crippen molar-refractivity contribution in [2.75, 3.05) is 14.1 Å². The molecule has 7 heteroatoms. The van der Waals surface area contributed by atoms with Crippen LogP contribution in [0, 0.1) is 4.84 Å². The highest BCUT2D eigenvalue weighted by molar-refractivity contribution is 7.71. The van der Waals surface area contributed by atoms with Crippen molar-refractivity contribution >= 4 is 12.2 Å². The Morgan fingerprint density at radius 2 is 2.33 bits per heavy atom. The van der Waals surface area contributed by atoms with Crippen LogP contribution in [0.25, 0.3) is 0 Å². The fraction of sp³-hybridized carbons (Fsp3) is 0.364. The van der Waals surface area contributed by atoms with Gasteiger partial charge >= 0.3 is 0 Å². The summed E-state index contributed by atoms with van der Waals surface area (Å²) in [5.41, 5.74) is 0. The zero-order chi connectivity index (χ0) is 13.0. The summed E-state index contributed by atoms with van der Waals surface area (Å²) in [6.07, 6.45) is 3.32. The molecule has 0 aliphatic carbocycles. The predicted octanol–water partition coefficient (Wildman–Crippen LogP) is 1.70. The maximum absolute atomic E-state index is 5.47. The third-order valence-electron chi connectivity index (χ3n) is 2.06. The van der Waals surface area contributed by atoms with Crippen LogP contribution in [-0.2, 0) is 13.3 Å². The molecule has 0 aliphatic rings. The van der Waals surface area contributed by atoms with Crippen molar-refractivity contribution < 1.29 is 9.15 Å². The van der Waals surface area contributed by atoms with E-state index in [-0.39, 0.29) is 6.61 Å². The summed E-state index contributed by atoms with van der Waals surface area (Å²) >= 11 is 5.06. The lowest BCUT2D eigenvalue weighted by molar-refractivity contribution is 0.260. The highest BCUT2D eigenvalue weighted by atomic mass is 32.1. The van der Waals surface area contributed by atoms with Crippen LogP contribution in [-0.4, -0.2) is 33.8 Å². The Morgan fingerprint density at radius 3 is 3.00 bits per heavy atom. The molecule has 0 bridgehead atoms. The molecule has 2 aromatic rings. The number of rotatable bonds is 5. The number of pyridine rings is 1. The van der Waals surface area contributed by atoms with E-state index in [0.717, 1.165) is 0 Å². The summed E-state index contributed by atoms with van der Waals surface area (Å²) in [5, 5.41) is 4.22. The van der Waals surface area contributed by atoms with Gasteiger partial charge in [0.2, 0.25) is 0 Å². The standard InChI is InChI=1S/C11H14N4O2S/c1-14(2)8-15-11(18)17-10(13-15)7-16-9-4-3-5-12-6-9/h3-6H,7-8H2,1-2H3. The SMILES string of the molecule is CN(C)Cn1nc(COc2cccnc2)oc1=S. The van der Waals surface area contributed by atoms with Crippen molar-refractivity contribution in [1.29, 1.82) is 0 Å². The molecule has 0 saturated heterocycles. The summed E-state index contributed by atoms with van der Waals surface area (Å²) in [4.78, 5) is 6.24. The topological polar surface area (TPSA) is 56.3 Å². The highest BCUT2D eigenvalue weighted by Crippen LogP contribution is 2.09. The van der Waals surface area contributed by atoms with Gasteiger partial charge in [-0.05, 0) is 38.4 Å². The summed E-state index contributed by atoms with van der Waals surface area (Å²) in [6, 6.07) is 3.62. The van der Waals surface area contributed by atoms with Gasteiger partial charge in [-0.25, -0.2) is 4.68 Å². The van der Waals surface area contributed by atoms with Crippen LogP contribution in [0.1, 0.15) is 5.89 Å². The fourth-order valence-electron chi connectivity index (χ4n) is 1.34. The number of nitrogens with zero attached hydrogens (tertiary/aromatic N) is 4. The monoisotopic (exact) mass is 266 g/mol. The van der Waals surface area contributed by atoms with Gasteiger partial charge in [0.05, 0.1) is 12.9 Å². The first kappa shape index (κ1) is 12.7. The second-order valence-electron chi connectivity index (χ2n) is 3.96. The summed E-state index contributed by atoms with van der Waals surface area (Å²) in [5.74, 6) is 1.12. The number of hydrogen-bond donors (Lipinski definition) is 0. The molecule has 96 valence electrons. The van der Waals surface area contributed by atoms with Crippen LogP contribution >= 0.6 is 12.2 Å². The number of aromatic nitrogens is 3. The van der Waals surface area contributed by atoms with Crippen molar-refractivity contribution in [3.8, 4) is 5.75 Å². The molecule has 0 unspecified atom stereocenters. The molecular weight excluding hydrogens is 252 g/mol. The van der Waals surface area contributed by atoms with Gasteiger partial charge in [0.15, 0.2) is 6.61 Å². The van der Waals surface area contributed by atoms with Gasteiger partial charge in [-0.3, -0.25) is 9.88 Å². The Hall–Kier alpha value is -1.73. The van der Waals surface area contributed by atoms with Crippen molar-refractivity contribution in [2.45, 2.75) is 13.3 Å².